The van der Waals surface area contributed by atoms with Crippen molar-refractivity contribution in [3.05, 3.63) is 65.2 Å². The summed E-state index contributed by atoms with van der Waals surface area (Å²) in [4.78, 5) is 14.7. The van der Waals surface area contributed by atoms with Crippen molar-refractivity contribution in [2.24, 2.45) is 0 Å². The third-order valence-corrected chi connectivity index (χ3v) is 4.10. The van der Waals surface area contributed by atoms with Gasteiger partial charge in [-0.2, -0.15) is 0 Å². The van der Waals surface area contributed by atoms with E-state index in [2.05, 4.69) is 28.4 Å². The van der Waals surface area contributed by atoms with Gasteiger partial charge in [0.15, 0.2) is 0 Å². The van der Waals surface area contributed by atoms with Crippen molar-refractivity contribution >= 4 is 11.6 Å². The van der Waals surface area contributed by atoms with Crippen LogP contribution in [0.5, 0.6) is 0 Å². The molecule has 1 aliphatic rings. The number of benzene rings is 2. The number of morpholine rings is 1. The van der Waals surface area contributed by atoms with E-state index in [0.717, 1.165) is 44.1 Å². The van der Waals surface area contributed by atoms with Crippen molar-refractivity contribution in [2.45, 2.75) is 13.5 Å². The summed E-state index contributed by atoms with van der Waals surface area (Å²) in [5.74, 6) is -0.0720. The summed E-state index contributed by atoms with van der Waals surface area (Å²) in [6, 6.07) is 15.6. The van der Waals surface area contributed by atoms with E-state index in [1.807, 2.05) is 37.3 Å². The van der Waals surface area contributed by atoms with E-state index in [9.17, 15) is 4.79 Å². The molecule has 4 heteroatoms. The van der Waals surface area contributed by atoms with Gasteiger partial charge in [-0.3, -0.25) is 9.69 Å². The molecule has 23 heavy (non-hydrogen) atoms. The number of aryl methyl sites for hydroxylation is 1. The summed E-state index contributed by atoms with van der Waals surface area (Å²) in [5, 5.41) is 3.02. The summed E-state index contributed by atoms with van der Waals surface area (Å²) >= 11 is 0. The Morgan fingerprint density at radius 2 is 1.87 bits per heavy atom. The number of hydrogen-bond donors (Lipinski definition) is 1. The van der Waals surface area contributed by atoms with Crippen LogP contribution in [-0.4, -0.2) is 37.1 Å². The van der Waals surface area contributed by atoms with Gasteiger partial charge >= 0.3 is 0 Å². The molecule has 0 bridgehead atoms. The van der Waals surface area contributed by atoms with Gasteiger partial charge in [0.05, 0.1) is 13.2 Å². The van der Waals surface area contributed by atoms with Gasteiger partial charge in [-0.05, 0) is 36.2 Å². The van der Waals surface area contributed by atoms with Gasteiger partial charge in [-0.1, -0.05) is 30.3 Å². The minimum atomic E-state index is -0.0720. The zero-order chi connectivity index (χ0) is 16.1. The molecule has 1 amide bonds. The average molecular weight is 310 g/mol. The minimum Gasteiger partial charge on any atom is -0.379 e. The molecule has 2 aromatic rings. The Bertz CT molecular complexity index is 664. The number of nitrogens with one attached hydrogen (secondary N) is 1. The van der Waals surface area contributed by atoms with Crippen molar-refractivity contribution < 1.29 is 9.53 Å². The Hall–Kier alpha value is -2.17. The zero-order valence-corrected chi connectivity index (χ0v) is 13.4. The fourth-order valence-electron chi connectivity index (χ4n) is 2.70. The van der Waals surface area contributed by atoms with Gasteiger partial charge in [0.1, 0.15) is 0 Å². The number of nitrogens with zero attached hydrogens (tertiary/aromatic N) is 1. The number of carbonyl (C=O) groups is 1. The molecule has 0 aliphatic carbocycles. The van der Waals surface area contributed by atoms with E-state index in [4.69, 9.17) is 4.74 Å². The van der Waals surface area contributed by atoms with Crippen molar-refractivity contribution in [1.29, 1.82) is 0 Å². The maximum absolute atomic E-state index is 12.3. The Morgan fingerprint density at radius 1 is 1.13 bits per heavy atom. The third kappa shape index (κ3) is 4.18. The highest BCUT2D eigenvalue weighted by Crippen LogP contribution is 2.19. The molecule has 120 valence electrons. The highest BCUT2D eigenvalue weighted by atomic mass is 16.5. The number of amides is 1. The van der Waals surface area contributed by atoms with Gasteiger partial charge in [-0.15, -0.1) is 0 Å². The van der Waals surface area contributed by atoms with E-state index in [1.54, 1.807) is 0 Å². The van der Waals surface area contributed by atoms with Crippen LogP contribution >= 0.6 is 0 Å². The molecule has 2 aromatic carbocycles. The second kappa shape index (κ2) is 7.40. The van der Waals surface area contributed by atoms with Crippen LogP contribution < -0.4 is 5.32 Å². The molecule has 0 spiro atoms. The number of rotatable bonds is 4. The largest absolute Gasteiger partial charge is 0.379 e. The first kappa shape index (κ1) is 15.7. The lowest BCUT2D eigenvalue weighted by Gasteiger charge is -2.26. The van der Waals surface area contributed by atoms with E-state index in [1.165, 1.54) is 5.56 Å². The standard InChI is InChI=1S/C19H22N2O2/c1-15-7-8-16(14-21-9-11-23-12-10-21)13-18(15)20-19(22)17-5-3-2-4-6-17/h2-8,13H,9-12,14H2,1H3,(H,20,22). The van der Waals surface area contributed by atoms with Crippen LogP contribution in [0.3, 0.4) is 0 Å². The molecule has 0 aromatic heterocycles. The average Bonchev–Trinajstić information content (AvgIpc) is 2.59. The molecule has 1 saturated heterocycles. The first-order valence-electron chi connectivity index (χ1n) is 7.98. The van der Waals surface area contributed by atoms with Crippen molar-refractivity contribution in [3.63, 3.8) is 0 Å². The summed E-state index contributed by atoms with van der Waals surface area (Å²) in [5.41, 5.74) is 3.83. The molecular formula is C19H22N2O2. The molecule has 0 unspecified atom stereocenters. The first-order chi connectivity index (χ1) is 11.2. The van der Waals surface area contributed by atoms with E-state index < -0.39 is 0 Å². The summed E-state index contributed by atoms with van der Waals surface area (Å²) in [7, 11) is 0. The van der Waals surface area contributed by atoms with E-state index in [-0.39, 0.29) is 5.91 Å². The second-order valence-electron chi connectivity index (χ2n) is 5.86. The smallest absolute Gasteiger partial charge is 0.255 e. The van der Waals surface area contributed by atoms with Crippen LogP contribution in [0.4, 0.5) is 5.69 Å². The summed E-state index contributed by atoms with van der Waals surface area (Å²) < 4.78 is 5.38. The van der Waals surface area contributed by atoms with Gasteiger partial charge in [0, 0.05) is 30.9 Å². The fourth-order valence-corrected chi connectivity index (χ4v) is 2.70. The Labute approximate surface area is 137 Å². The van der Waals surface area contributed by atoms with Crippen molar-refractivity contribution in [1.82, 2.24) is 4.90 Å². The van der Waals surface area contributed by atoms with Crippen LogP contribution in [0.2, 0.25) is 0 Å². The summed E-state index contributed by atoms with van der Waals surface area (Å²) in [6.07, 6.45) is 0. The quantitative estimate of drug-likeness (QED) is 0.943. The number of anilines is 1. The molecular weight excluding hydrogens is 288 g/mol. The lowest BCUT2D eigenvalue weighted by Crippen LogP contribution is -2.35. The number of carbonyl (C=O) groups excluding carboxylic acids is 1. The molecule has 0 saturated carbocycles. The predicted molar refractivity (Wildman–Crippen MR) is 91.7 cm³/mol. The molecule has 1 N–H and O–H groups in total. The van der Waals surface area contributed by atoms with Crippen LogP contribution in [-0.2, 0) is 11.3 Å². The molecule has 0 atom stereocenters. The van der Waals surface area contributed by atoms with Gasteiger partial charge in [0.2, 0.25) is 0 Å². The molecule has 1 aliphatic heterocycles. The minimum absolute atomic E-state index is 0.0720. The molecule has 1 fully saturated rings. The zero-order valence-electron chi connectivity index (χ0n) is 13.4. The first-order valence-corrected chi connectivity index (χ1v) is 7.98. The molecule has 0 radical (unpaired) electrons. The second-order valence-corrected chi connectivity index (χ2v) is 5.86. The molecule has 1 heterocycles. The maximum atomic E-state index is 12.3. The Morgan fingerprint density at radius 3 is 2.61 bits per heavy atom. The SMILES string of the molecule is Cc1ccc(CN2CCOCC2)cc1NC(=O)c1ccccc1. The maximum Gasteiger partial charge on any atom is 0.255 e. The molecule has 4 nitrogen and oxygen atoms in total. The Kier molecular flexibility index (Phi) is 5.05. The highest BCUT2D eigenvalue weighted by molar-refractivity contribution is 6.04. The lowest BCUT2D eigenvalue weighted by molar-refractivity contribution is 0.0342. The van der Waals surface area contributed by atoms with Crippen molar-refractivity contribution in [2.75, 3.05) is 31.6 Å². The lowest BCUT2D eigenvalue weighted by atomic mass is 10.1. The van der Waals surface area contributed by atoms with Crippen LogP contribution in [0, 0.1) is 6.92 Å². The van der Waals surface area contributed by atoms with Gasteiger partial charge < -0.3 is 10.1 Å². The van der Waals surface area contributed by atoms with E-state index >= 15 is 0 Å². The number of hydrogen-bond acceptors (Lipinski definition) is 3. The summed E-state index contributed by atoms with van der Waals surface area (Å²) in [6.45, 7) is 6.41. The topological polar surface area (TPSA) is 41.6 Å². The van der Waals surface area contributed by atoms with Crippen LogP contribution in [0.15, 0.2) is 48.5 Å². The Balaban J connectivity index is 1.71. The van der Waals surface area contributed by atoms with Crippen molar-refractivity contribution in [3.8, 4) is 0 Å². The van der Waals surface area contributed by atoms with E-state index in [0.29, 0.717) is 5.56 Å². The highest BCUT2D eigenvalue weighted by Gasteiger charge is 2.12. The predicted octanol–water partition coefficient (Wildman–Crippen LogP) is 3.08. The van der Waals surface area contributed by atoms with Gasteiger partial charge in [-0.25, -0.2) is 0 Å². The van der Waals surface area contributed by atoms with Crippen LogP contribution in [0.1, 0.15) is 21.5 Å². The van der Waals surface area contributed by atoms with Gasteiger partial charge in [0.25, 0.3) is 5.91 Å². The van der Waals surface area contributed by atoms with Crippen LogP contribution in [0.25, 0.3) is 0 Å². The fraction of sp³-hybridized carbons (Fsp3) is 0.316. The third-order valence-electron chi connectivity index (χ3n) is 4.10. The normalized spacial score (nSPS) is 15.3. The molecule has 3 rings (SSSR count). The number of ether oxygens (including phenoxy) is 1. The monoisotopic (exact) mass is 310 g/mol.